The molecule has 4 heteroatoms. The van der Waals surface area contributed by atoms with Crippen LogP contribution in [-0.4, -0.2) is 14.5 Å². The summed E-state index contributed by atoms with van der Waals surface area (Å²) in [6.45, 7) is 1.06. The van der Waals surface area contributed by atoms with Crippen molar-refractivity contribution in [1.29, 1.82) is 0 Å². The van der Waals surface area contributed by atoms with Gasteiger partial charge < -0.3 is 4.57 Å². The zero-order chi connectivity index (χ0) is 11.0. The van der Waals surface area contributed by atoms with Crippen LogP contribution in [0.25, 0.3) is 11.5 Å². The molecule has 0 aliphatic carbocycles. The van der Waals surface area contributed by atoms with E-state index in [1.807, 2.05) is 24.4 Å². The van der Waals surface area contributed by atoms with Crippen molar-refractivity contribution in [2.24, 2.45) is 0 Å². The van der Waals surface area contributed by atoms with E-state index in [0.29, 0.717) is 0 Å². The van der Waals surface area contributed by atoms with Gasteiger partial charge in [-0.3, -0.25) is 4.98 Å². The van der Waals surface area contributed by atoms with Gasteiger partial charge >= 0.3 is 0 Å². The van der Waals surface area contributed by atoms with Crippen LogP contribution < -0.4 is 0 Å². The second-order valence-electron chi connectivity index (χ2n) is 4.00. The lowest BCUT2D eigenvalue weighted by molar-refractivity contribution is 0.534. The third-order valence-corrected chi connectivity index (χ3v) is 3.60. The number of imidazole rings is 1. The van der Waals surface area contributed by atoms with E-state index < -0.39 is 0 Å². The molecule has 0 saturated heterocycles. The van der Waals surface area contributed by atoms with E-state index in [1.54, 1.807) is 0 Å². The zero-order valence-electron chi connectivity index (χ0n) is 8.86. The largest absolute Gasteiger partial charge is 0.326 e. The molecule has 3 nitrogen and oxygen atoms in total. The molecule has 0 atom stereocenters. The van der Waals surface area contributed by atoms with Crippen molar-refractivity contribution in [3.8, 4) is 11.5 Å². The van der Waals surface area contributed by atoms with Crippen molar-refractivity contribution in [3.63, 3.8) is 0 Å². The quantitative estimate of drug-likeness (QED) is 0.802. The number of halogens is 1. The average molecular weight is 278 g/mol. The fourth-order valence-corrected chi connectivity index (χ4v) is 2.77. The van der Waals surface area contributed by atoms with E-state index in [1.165, 1.54) is 18.5 Å². The highest BCUT2D eigenvalue weighted by molar-refractivity contribution is 9.10. The second-order valence-corrected chi connectivity index (χ2v) is 4.75. The minimum Gasteiger partial charge on any atom is -0.326 e. The van der Waals surface area contributed by atoms with Gasteiger partial charge in [-0.15, -0.1) is 0 Å². The van der Waals surface area contributed by atoms with Crippen molar-refractivity contribution in [3.05, 3.63) is 34.7 Å². The number of fused-ring (bicyclic) bond motifs is 1. The van der Waals surface area contributed by atoms with Gasteiger partial charge in [0, 0.05) is 12.7 Å². The molecule has 0 radical (unpaired) electrons. The summed E-state index contributed by atoms with van der Waals surface area (Å²) in [6, 6.07) is 5.94. The van der Waals surface area contributed by atoms with Gasteiger partial charge in [-0.1, -0.05) is 6.07 Å². The lowest BCUT2D eigenvalue weighted by atomic mass is 10.1. The van der Waals surface area contributed by atoms with Crippen molar-refractivity contribution in [1.82, 2.24) is 14.5 Å². The van der Waals surface area contributed by atoms with Crippen molar-refractivity contribution >= 4 is 15.9 Å². The maximum atomic E-state index is 4.58. The average Bonchev–Trinajstić information content (AvgIpc) is 2.69. The molecule has 2 aromatic rings. The topological polar surface area (TPSA) is 30.7 Å². The summed E-state index contributed by atoms with van der Waals surface area (Å²) in [5, 5.41) is 0. The standard InChI is InChI=1S/C12H12BrN3/c13-11-10-6-2-4-8-16(10)12(15-11)9-5-1-3-7-14-9/h1,3,5,7H,2,4,6,8H2. The maximum Gasteiger partial charge on any atom is 0.160 e. The number of hydrogen-bond donors (Lipinski definition) is 0. The lowest BCUT2D eigenvalue weighted by Gasteiger charge is -2.16. The Morgan fingerprint density at radius 1 is 1.25 bits per heavy atom. The minimum atomic E-state index is 0.955. The number of aromatic nitrogens is 3. The van der Waals surface area contributed by atoms with Crippen LogP contribution in [0.2, 0.25) is 0 Å². The SMILES string of the molecule is Brc1nc(-c2ccccn2)n2c1CCCC2. The minimum absolute atomic E-state index is 0.955. The molecule has 2 aromatic heterocycles. The summed E-state index contributed by atoms with van der Waals surface area (Å²) in [5.74, 6) is 0.988. The Hall–Kier alpha value is -1.16. The molecule has 0 N–H and O–H groups in total. The van der Waals surface area contributed by atoms with E-state index in [0.717, 1.165) is 29.1 Å². The summed E-state index contributed by atoms with van der Waals surface area (Å²) in [5.41, 5.74) is 2.27. The van der Waals surface area contributed by atoms with E-state index in [9.17, 15) is 0 Å². The Bertz CT molecular complexity index is 504. The van der Waals surface area contributed by atoms with E-state index in [4.69, 9.17) is 0 Å². The number of nitrogens with zero attached hydrogens (tertiary/aromatic N) is 3. The molecule has 0 spiro atoms. The summed E-state index contributed by atoms with van der Waals surface area (Å²) in [7, 11) is 0. The van der Waals surface area contributed by atoms with E-state index >= 15 is 0 Å². The third kappa shape index (κ3) is 1.57. The van der Waals surface area contributed by atoms with Crippen molar-refractivity contribution < 1.29 is 0 Å². The second kappa shape index (κ2) is 4.01. The molecule has 3 heterocycles. The van der Waals surface area contributed by atoms with Crippen LogP contribution in [0.3, 0.4) is 0 Å². The van der Waals surface area contributed by atoms with E-state index in [-0.39, 0.29) is 0 Å². The molecule has 82 valence electrons. The first kappa shape index (κ1) is 10.0. The van der Waals surface area contributed by atoms with Gasteiger partial charge in [-0.2, -0.15) is 0 Å². The molecule has 1 aliphatic heterocycles. The number of hydrogen-bond acceptors (Lipinski definition) is 2. The Kier molecular flexibility index (Phi) is 2.52. The Labute approximate surface area is 103 Å². The lowest BCUT2D eigenvalue weighted by Crippen LogP contribution is -2.11. The smallest absolute Gasteiger partial charge is 0.160 e. The van der Waals surface area contributed by atoms with Gasteiger partial charge in [-0.05, 0) is 47.3 Å². The van der Waals surface area contributed by atoms with Gasteiger partial charge in [0.05, 0.1) is 5.69 Å². The Morgan fingerprint density at radius 2 is 2.19 bits per heavy atom. The molecule has 0 saturated carbocycles. The molecule has 0 amide bonds. The Morgan fingerprint density at radius 3 is 3.00 bits per heavy atom. The van der Waals surface area contributed by atoms with Crippen LogP contribution in [-0.2, 0) is 13.0 Å². The highest BCUT2D eigenvalue weighted by atomic mass is 79.9. The first-order chi connectivity index (χ1) is 7.86. The molecule has 0 unspecified atom stereocenters. The monoisotopic (exact) mass is 277 g/mol. The molecule has 0 fully saturated rings. The van der Waals surface area contributed by atoms with Gasteiger partial charge in [-0.25, -0.2) is 4.98 Å². The van der Waals surface area contributed by atoms with Crippen molar-refractivity contribution in [2.45, 2.75) is 25.8 Å². The van der Waals surface area contributed by atoms with Crippen LogP contribution >= 0.6 is 15.9 Å². The van der Waals surface area contributed by atoms with Crippen molar-refractivity contribution in [2.75, 3.05) is 0 Å². The van der Waals surface area contributed by atoms with Gasteiger partial charge in [0.15, 0.2) is 5.82 Å². The first-order valence-corrected chi connectivity index (χ1v) is 6.32. The molecular formula is C12H12BrN3. The fraction of sp³-hybridized carbons (Fsp3) is 0.333. The molecule has 3 rings (SSSR count). The normalized spacial score (nSPS) is 14.8. The van der Waals surface area contributed by atoms with Crippen LogP contribution in [0.5, 0.6) is 0 Å². The summed E-state index contributed by atoms with van der Waals surface area (Å²) in [6.07, 6.45) is 5.41. The Balaban J connectivity index is 2.15. The first-order valence-electron chi connectivity index (χ1n) is 5.52. The highest BCUT2D eigenvalue weighted by Crippen LogP contribution is 2.29. The molecule has 0 aromatic carbocycles. The van der Waals surface area contributed by atoms with Crippen LogP contribution in [0.15, 0.2) is 29.0 Å². The summed E-state index contributed by atoms with van der Waals surface area (Å²) < 4.78 is 3.27. The fourth-order valence-electron chi connectivity index (χ4n) is 2.19. The van der Waals surface area contributed by atoms with Gasteiger partial charge in [0.2, 0.25) is 0 Å². The van der Waals surface area contributed by atoms with Crippen LogP contribution in [0.4, 0.5) is 0 Å². The molecule has 1 aliphatic rings. The maximum absolute atomic E-state index is 4.58. The van der Waals surface area contributed by atoms with E-state index in [2.05, 4.69) is 30.5 Å². The summed E-state index contributed by atoms with van der Waals surface area (Å²) >= 11 is 3.54. The predicted molar refractivity (Wildman–Crippen MR) is 66.1 cm³/mol. The third-order valence-electron chi connectivity index (χ3n) is 2.96. The molecule has 16 heavy (non-hydrogen) atoms. The predicted octanol–water partition coefficient (Wildman–Crippen LogP) is 3.04. The molecular weight excluding hydrogens is 266 g/mol. The number of pyridine rings is 1. The highest BCUT2D eigenvalue weighted by Gasteiger charge is 2.19. The molecule has 0 bridgehead atoms. The van der Waals surface area contributed by atoms with Crippen LogP contribution in [0, 0.1) is 0 Å². The van der Waals surface area contributed by atoms with Gasteiger partial charge in [0.1, 0.15) is 10.3 Å². The summed E-state index contributed by atoms with van der Waals surface area (Å²) in [4.78, 5) is 8.95. The zero-order valence-corrected chi connectivity index (χ0v) is 10.4. The number of rotatable bonds is 1. The van der Waals surface area contributed by atoms with Crippen LogP contribution in [0.1, 0.15) is 18.5 Å². The van der Waals surface area contributed by atoms with Gasteiger partial charge in [0.25, 0.3) is 0 Å².